The van der Waals surface area contributed by atoms with Crippen LogP contribution in [0.1, 0.15) is 53.6 Å². The molecule has 2 aromatic heterocycles. The second-order valence-corrected chi connectivity index (χ2v) is 9.01. The van der Waals surface area contributed by atoms with E-state index in [-0.39, 0.29) is 16.8 Å². The zero-order chi connectivity index (χ0) is 25.4. The summed E-state index contributed by atoms with van der Waals surface area (Å²) in [5.41, 5.74) is 1.84. The van der Waals surface area contributed by atoms with Crippen molar-refractivity contribution >= 4 is 34.3 Å². The van der Waals surface area contributed by atoms with Crippen LogP contribution in [0, 0.1) is 6.92 Å². The van der Waals surface area contributed by atoms with E-state index in [0.717, 1.165) is 12.0 Å². The molecule has 0 spiro atoms. The molecular weight excluding hydrogens is 480 g/mol. The number of pyridine rings is 1. The van der Waals surface area contributed by atoms with Gasteiger partial charge in [0.15, 0.2) is 16.9 Å². The van der Waals surface area contributed by atoms with Crippen molar-refractivity contribution in [3.8, 4) is 11.5 Å². The van der Waals surface area contributed by atoms with Gasteiger partial charge in [0.25, 0.3) is 5.91 Å². The molecule has 1 aliphatic heterocycles. The summed E-state index contributed by atoms with van der Waals surface area (Å²) in [4.78, 5) is 33.5. The van der Waals surface area contributed by atoms with E-state index in [9.17, 15) is 9.59 Å². The molecule has 5 rings (SSSR count). The minimum atomic E-state index is -0.776. The smallest absolute Gasteiger partial charge is 0.296 e. The van der Waals surface area contributed by atoms with Crippen LogP contribution in [0.2, 0.25) is 5.02 Å². The first-order valence-corrected chi connectivity index (χ1v) is 12.2. The number of carbonyl (C=O) groups excluding carboxylic acids is 1. The summed E-state index contributed by atoms with van der Waals surface area (Å²) in [5, 5.41) is 0.717. The molecule has 7 nitrogen and oxygen atoms in total. The van der Waals surface area contributed by atoms with Crippen LogP contribution in [-0.2, 0) is 0 Å². The lowest BCUT2D eigenvalue weighted by Crippen LogP contribution is -2.30. The van der Waals surface area contributed by atoms with E-state index in [4.69, 9.17) is 25.5 Å². The lowest BCUT2D eigenvalue weighted by Gasteiger charge is -2.25. The number of halogens is 1. The second kappa shape index (κ2) is 9.66. The number of anilines is 1. The van der Waals surface area contributed by atoms with Gasteiger partial charge in [-0.2, -0.15) is 0 Å². The molecule has 0 fully saturated rings. The minimum absolute atomic E-state index is 0.00790. The van der Waals surface area contributed by atoms with Gasteiger partial charge in [0.1, 0.15) is 11.4 Å². The largest absolute Gasteiger partial charge is 0.490 e. The summed E-state index contributed by atoms with van der Waals surface area (Å²) in [6.07, 6.45) is 2.53. The average molecular weight is 505 g/mol. The third kappa shape index (κ3) is 4.09. The highest BCUT2D eigenvalue weighted by Crippen LogP contribution is 2.43. The molecule has 0 radical (unpaired) electrons. The number of rotatable bonds is 7. The Hall–Kier alpha value is -3.84. The molecule has 8 heteroatoms. The monoisotopic (exact) mass is 504 g/mol. The van der Waals surface area contributed by atoms with E-state index in [1.54, 1.807) is 36.5 Å². The Bertz CT molecular complexity index is 1510. The Kier molecular flexibility index (Phi) is 6.41. The SMILES string of the molecule is CCCOc1ccc(C2c3c(oc4ccc(Cl)cc4c3=O)C(=O)N2c2ccc(C)cn2)cc1OCC. The zero-order valence-electron chi connectivity index (χ0n) is 20.2. The van der Waals surface area contributed by atoms with Gasteiger partial charge in [0.2, 0.25) is 5.76 Å². The van der Waals surface area contributed by atoms with Gasteiger partial charge in [0, 0.05) is 11.2 Å². The Morgan fingerprint density at radius 2 is 1.86 bits per heavy atom. The lowest BCUT2D eigenvalue weighted by molar-refractivity contribution is 0.0970. The number of nitrogens with zero attached hydrogens (tertiary/aromatic N) is 2. The third-order valence-electron chi connectivity index (χ3n) is 6.02. The van der Waals surface area contributed by atoms with Crippen molar-refractivity contribution in [2.24, 2.45) is 0 Å². The van der Waals surface area contributed by atoms with E-state index >= 15 is 0 Å². The van der Waals surface area contributed by atoms with Gasteiger partial charge >= 0.3 is 0 Å². The molecule has 0 N–H and O–H groups in total. The van der Waals surface area contributed by atoms with Gasteiger partial charge in [-0.3, -0.25) is 14.5 Å². The maximum atomic E-state index is 13.8. The van der Waals surface area contributed by atoms with Crippen LogP contribution in [0.4, 0.5) is 5.82 Å². The fourth-order valence-electron chi connectivity index (χ4n) is 4.39. The number of amides is 1. The van der Waals surface area contributed by atoms with Crippen molar-refractivity contribution in [3.63, 3.8) is 0 Å². The number of fused-ring (bicyclic) bond motifs is 2. The number of aryl methyl sites for hydroxylation is 1. The summed E-state index contributed by atoms with van der Waals surface area (Å²) in [6, 6.07) is 13.1. The predicted molar refractivity (Wildman–Crippen MR) is 139 cm³/mol. The van der Waals surface area contributed by atoms with Crippen molar-refractivity contribution in [3.05, 3.63) is 92.4 Å². The number of hydrogen-bond acceptors (Lipinski definition) is 6. The van der Waals surface area contributed by atoms with Gasteiger partial charge in [-0.25, -0.2) is 4.98 Å². The maximum absolute atomic E-state index is 13.8. The summed E-state index contributed by atoms with van der Waals surface area (Å²) < 4.78 is 17.7. The van der Waals surface area contributed by atoms with Gasteiger partial charge in [-0.05, 0) is 67.8 Å². The molecule has 184 valence electrons. The summed E-state index contributed by atoms with van der Waals surface area (Å²) >= 11 is 6.18. The number of aromatic nitrogens is 1. The first-order chi connectivity index (χ1) is 17.4. The molecule has 3 heterocycles. The van der Waals surface area contributed by atoms with E-state index in [1.165, 1.54) is 4.90 Å². The standard InChI is InChI=1S/C28H25ClN2O5/c1-4-12-35-21-9-7-17(13-22(21)34-5-2)25-24-26(32)19-14-18(29)8-10-20(19)36-27(24)28(33)31(25)23-11-6-16(3)15-30-23/h6-11,13-15,25H,4-5,12H2,1-3H3. The zero-order valence-corrected chi connectivity index (χ0v) is 21.0. The second-order valence-electron chi connectivity index (χ2n) is 8.57. The third-order valence-corrected chi connectivity index (χ3v) is 6.25. The van der Waals surface area contributed by atoms with Crippen LogP contribution < -0.4 is 19.8 Å². The van der Waals surface area contributed by atoms with Crippen molar-refractivity contribution in [1.82, 2.24) is 4.98 Å². The Labute approximate surface area is 213 Å². The Morgan fingerprint density at radius 1 is 1.03 bits per heavy atom. The van der Waals surface area contributed by atoms with Crippen LogP contribution in [0.25, 0.3) is 11.0 Å². The summed E-state index contributed by atoms with van der Waals surface area (Å²) in [7, 11) is 0. The van der Waals surface area contributed by atoms with Crippen LogP contribution in [0.3, 0.4) is 0 Å². The van der Waals surface area contributed by atoms with E-state index in [0.29, 0.717) is 52.1 Å². The van der Waals surface area contributed by atoms with Crippen molar-refractivity contribution in [2.45, 2.75) is 33.2 Å². The van der Waals surface area contributed by atoms with Gasteiger partial charge in [-0.1, -0.05) is 30.7 Å². The molecule has 2 aromatic carbocycles. The van der Waals surface area contributed by atoms with Gasteiger partial charge in [-0.15, -0.1) is 0 Å². The molecule has 1 atom stereocenters. The molecule has 4 aromatic rings. The van der Waals surface area contributed by atoms with Crippen LogP contribution >= 0.6 is 11.6 Å². The van der Waals surface area contributed by atoms with Crippen LogP contribution in [0.5, 0.6) is 11.5 Å². The molecule has 1 aliphatic rings. The minimum Gasteiger partial charge on any atom is -0.490 e. The average Bonchev–Trinajstić information content (AvgIpc) is 3.17. The van der Waals surface area contributed by atoms with Crippen molar-refractivity contribution in [2.75, 3.05) is 18.1 Å². The van der Waals surface area contributed by atoms with Crippen molar-refractivity contribution < 1.29 is 18.7 Å². The molecule has 0 bridgehead atoms. The molecule has 0 aliphatic carbocycles. The van der Waals surface area contributed by atoms with E-state index in [1.807, 2.05) is 39.0 Å². The fraction of sp³-hybridized carbons (Fsp3) is 0.250. The predicted octanol–water partition coefficient (Wildman–Crippen LogP) is 6.09. The molecule has 1 amide bonds. The maximum Gasteiger partial charge on any atom is 0.296 e. The highest BCUT2D eigenvalue weighted by atomic mass is 35.5. The number of carbonyl (C=O) groups is 1. The lowest BCUT2D eigenvalue weighted by atomic mass is 9.98. The van der Waals surface area contributed by atoms with Gasteiger partial charge in [0.05, 0.1) is 30.2 Å². The molecular formula is C28H25ClN2O5. The van der Waals surface area contributed by atoms with Gasteiger partial charge < -0.3 is 13.9 Å². The highest BCUT2D eigenvalue weighted by molar-refractivity contribution is 6.31. The first-order valence-electron chi connectivity index (χ1n) is 11.8. The Balaban J connectivity index is 1.75. The Morgan fingerprint density at radius 3 is 2.58 bits per heavy atom. The number of benzene rings is 2. The molecule has 1 unspecified atom stereocenters. The van der Waals surface area contributed by atoms with E-state index in [2.05, 4.69) is 4.98 Å². The fourth-order valence-corrected chi connectivity index (χ4v) is 4.57. The number of ether oxygens (including phenoxy) is 2. The first kappa shape index (κ1) is 23.9. The molecule has 0 saturated heterocycles. The highest BCUT2D eigenvalue weighted by Gasteiger charge is 2.44. The van der Waals surface area contributed by atoms with Crippen LogP contribution in [-0.4, -0.2) is 24.1 Å². The quantitative estimate of drug-likeness (QED) is 0.303. The summed E-state index contributed by atoms with van der Waals surface area (Å²) in [6.45, 7) is 6.80. The normalized spacial score (nSPS) is 14.8. The molecule has 0 saturated carbocycles. The molecule has 36 heavy (non-hydrogen) atoms. The van der Waals surface area contributed by atoms with E-state index < -0.39 is 11.9 Å². The topological polar surface area (TPSA) is 81.9 Å². The summed E-state index contributed by atoms with van der Waals surface area (Å²) in [5.74, 6) is 1.10. The van der Waals surface area contributed by atoms with Crippen LogP contribution in [0.15, 0.2) is 63.9 Å². The van der Waals surface area contributed by atoms with Crippen molar-refractivity contribution in [1.29, 1.82) is 0 Å². The number of hydrogen-bond donors (Lipinski definition) is 0.